The summed E-state index contributed by atoms with van der Waals surface area (Å²) in [6.45, 7) is 0. The van der Waals surface area contributed by atoms with E-state index in [1.54, 1.807) is 6.07 Å². The van der Waals surface area contributed by atoms with E-state index in [9.17, 15) is 8.42 Å². The molecule has 88 valence electrons. The van der Waals surface area contributed by atoms with E-state index in [0.29, 0.717) is 13.5 Å². The first-order chi connectivity index (χ1) is 7.20. The average Bonchev–Trinajstić information content (AvgIpc) is 2.12. The summed E-state index contributed by atoms with van der Waals surface area (Å²) in [7, 11) is -3.86. The van der Waals surface area contributed by atoms with E-state index in [1.165, 1.54) is 24.0 Å². The second-order valence-electron chi connectivity index (χ2n) is 2.74. The Morgan fingerprint density at radius 3 is 2.31 bits per heavy atom. The van der Waals surface area contributed by atoms with Crippen molar-refractivity contribution in [1.29, 1.82) is 0 Å². The summed E-state index contributed by atoms with van der Waals surface area (Å²) in [4.78, 5) is -0.192. The zero-order valence-corrected chi connectivity index (χ0v) is 11.6. The average molecular weight is 320 g/mol. The Kier molecular flexibility index (Phi) is 4.64. The van der Waals surface area contributed by atoms with Gasteiger partial charge in [-0.2, -0.15) is 8.42 Å². The molecule has 0 aliphatic carbocycles. The van der Waals surface area contributed by atoms with Crippen LogP contribution in [0.25, 0.3) is 0 Å². The van der Waals surface area contributed by atoms with Crippen LogP contribution in [0.1, 0.15) is 0 Å². The van der Waals surface area contributed by atoms with Crippen LogP contribution in [0.2, 0.25) is 0 Å². The number of alkyl halides is 3. The van der Waals surface area contributed by atoms with E-state index in [2.05, 4.69) is 0 Å². The third-order valence-electron chi connectivity index (χ3n) is 1.49. The van der Waals surface area contributed by atoms with Crippen LogP contribution in [-0.4, -0.2) is 22.6 Å². The van der Waals surface area contributed by atoms with Crippen molar-refractivity contribution in [1.82, 2.24) is 0 Å². The molecular formula is C8H6Cl3O3PS. The normalized spacial score (nSPS) is 13.2. The highest BCUT2D eigenvalue weighted by Crippen LogP contribution is 2.25. The van der Waals surface area contributed by atoms with E-state index >= 15 is 0 Å². The maximum atomic E-state index is 11.0. The zero-order chi connectivity index (χ0) is 12.4. The maximum Gasteiger partial charge on any atom is 0.295 e. The predicted octanol–water partition coefficient (Wildman–Crippen LogP) is 2.68. The molecule has 1 aromatic carbocycles. The third kappa shape index (κ3) is 4.58. The van der Waals surface area contributed by atoms with Crippen LogP contribution in [0.3, 0.4) is 0 Å². The van der Waals surface area contributed by atoms with Gasteiger partial charge in [-0.15, -0.1) is 0 Å². The Bertz CT molecular complexity index is 508. The van der Waals surface area contributed by atoms with Crippen LogP contribution in [0.5, 0.6) is 0 Å². The summed E-state index contributed by atoms with van der Waals surface area (Å²) in [6.07, 6.45) is 0. The molecule has 1 rings (SSSR count). The molecule has 8 heteroatoms. The SMILES string of the molecule is O=S(=O)(O)c1ccccc1P=CC(Cl)(Cl)Cl. The molecule has 0 saturated carbocycles. The predicted molar refractivity (Wildman–Crippen MR) is 69.2 cm³/mol. The summed E-state index contributed by atoms with van der Waals surface area (Å²) in [6, 6.07) is 5.93. The molecule has 0 aliphatic rings. The fraction of sp³-hybridized carbons (Fsp3) is 0.125. The lowest BCUT2D eigenvalue weighted by molar-refractivity contribution is 0.484. The molecule has 1 N–H and O–H groups in total. The Morgan fingerprint density at radius 1 is 1.25 bits per heavy atom. The fourth-order valence-electron chi connectivity index (χ4n) is 0.925. The topological polar surface area (TPSA) is 54.4 Å². The lowest BCUT2D eigenvalue weighted by Crippen LogP contribution is -2.10. The Hall–Kier alpha value is 0.170. The largest absolute Gasteiger partial charge is 0.295 e. The van der Waals surface area contributed by atoms with Crippen molar-refractivity contribution < 1.29 is 13.0 Å². The van der Waals surface area contributed by atoms with Gasteiger partial charge in [-0.05, 0) is 17.9 Å². The van der Waals surface area contributed by atoms with E-state index in [0.717, 1.165) is 0 Å². The highest BCUT2D eigenvalue weighted by Gasteiger charge is 2.17. The van der Waals surface area contributed by atoms with Crippen molar-refractivity contribution in [3.63, 3.8) is 0 Å². The number of halogens is 3. The van der Waals surface area contributed by atoms with E-state index in [-0.39, 0.29) is 4.90 Å². The molecule has 0 radical (unpaired) electrons. The minimum absolute atomic E-state index is 0.192. The van der Waals surface area contributed by atoms with E-state index in [1.807, 2.05) is 0 Å². The summed E-state index contributed by atoms with van der Waals surface area (Å²) >= 11 is 16.5. The molecule has 0 atom stereocenters. The summed E-state index contributed by atoms with van der Waals surface area (Å²) < 4.78 is 29.4. The number of hydrogen-bond acceptors (Lipinski definition) is 2. The van der Waals surface area contributed by atoms with Crippen molar-refractivity contribution in [2.24, 2.45) is 0 Å². The molecule has 0 aromatic heterocycles. The summed E-state index contributed by atoms with van der Waals surface area (Å²) in [5.41, 5.74) is 0. The third-order valence-corrected chi connectivity index (χ3v) is 4.52. The summed E-state index contributed by atoms with van der Waals surface area (Å²) in [5.74, 6) is 1.29. The van der Waals surface area contributed by atoms with Crippen LogP contribution >= 0.6 is 43.0 Å². The highest BCUT2D eigenvalue weighted by atomic mass is 35.6. The second-order valence-corrected chi connectivity index (χ2v) is 7.50. The van der Waals surface area contributed by atoms with Gasteiger partial charge in [0.2, 0.25) is 3.79 Å². The van der Waals surface area contributed by atoms with Crippen molar-refractivity contribution >= 4 is 64.2 Å². The van der Waals surface area contributed by atoms with Crippen LogP contribution in [-0.2, 0) is 10.1 Å². The van der Waals surface area contributed by atoms with Crippen LogP contribution in [0, 0.1) is 0 Å². The van der Waals surface area contributed by atoms with Gasteiger partial charge in [-0.3, -0.25) is 4.55 Å². The van der Waals surface area contributed by atoms with Gasteiger partial charge < -0.3 is 0 Å². The van der Waals surface area contributed by atoms with Crippen molar-refractivity contribution in [3.05, 3.63) is 24.3 Å². The molecule has 0 saturated heterocycles. The van der Waals surface area contributed by atoms with Gasteiger partial charge >= 0.3 is 0 Å². The van der Waals surface area contributed by atoms with Crippen LogP contribution in [0.15, 0.2) is 29.2 Å². The van der Waals surface area contributed by atoms with Gasteiger partial charge in [0.1, 0.15) is 4.90 Å². The first-order valence-electron chi connectivity index (χ1n) is 3.88. The molecule has 16 heavy (non-hydrogen) atoms. The number of benzene rings is 1. The molecule has 0 heterocycles. The minimum Gasteiger partial charge on any atom is -0.282 e. The molecule has 0 amide bonds. The van der Waals surface area contributed by atoms with Gasteiger partial charge in [-0.1, -0.05) is 55.1 Å². The van der Waals surface area contributed by atoms with Crippen LogP contribution in [0.4, 0.5) is 0 Å². The van der Waals surface area contributed by atoms with E-state index in [4.69, 9.17) is 39.4 Å². The summed E-state index contributed by atoms with van der Waals surface area (Å²) in [5, 5.41) is 0.344. The lowest BCUT2D eigenvalue weighted by Gasteiger charge is -2.04. The smallest absolute Gasteiger partial charge is 0.282 e. The maximum absolute atomic E-state index is 11.0. The van der Waals surface area contributed by atoms with Gasteiger partial charge in [-0.25, -0.2) is 0 Å². The first-order valence-corrected chi connectivity index (χ1v) is 7.42. The van der Waals surface area contributed by atoms with Gasteiger partial charge in [0.15, 0.2) is 0 Å². The van der Waals surface area contributed by atoms with Gasteiger partial charge in [0.05, 0.1) is 0 Å². The van der Waals surface area contributed by atoms with Gasteiger partial charge in [0, 0.05) is 5.30 Å². The molecule has 0 spiro atoms. The molecular weight excluding hydrogens is 313 g/mol. The Labute approximate surface area is 110 Å². The second kappa shape index (κ2) is 5.21. The van der Waals surface area contributed by atoms with E-state index < -0.39 is 13.9 Å². The molecule has 0 aliphatic heterocycles. The Balaban J connectivity index is 3.21. The van der Waals surface area contributed by atoms with Crippen molar-refractivity contribution in [2.45, 2.75) is 8.69 Å². The first kappa shape index (κ1) is 14.2. The number of hydrogen-bond donors (Lipinski definition) is 1. The van der Waals surface area contributed by atoms with Crippen molar-refractivity contribution in [2.75, 3.05) is 0 Å². The standard InChI is InChI=1S/C8H6Cl3O3PS/c9-8(10,11)5-15-6-3-1-2-4-7(6)16(12,13)14/h1-5H,(H,12,13,14). The number of rotatable bonds is 2. The van der Waals surface area contributed by atoms with Crippen molar-refractivity contribution in [3.8, 4) is 0 Å². The molecule has 3 nitrogen and oxygen atoms in total. The lowest BCUT2D eigenvalue weighted by atomic mass is 10.4. The molecule has 0 bridgehead atoms. The Morgan fingerprint density at radius 2 is 1.81 bits per heavy atom. The molecule has 1 aromatic rings. The van der Waals surface area contributed by atoms with Gasteiger partial charge in [0.25, 0.3) is 10.1 Å². The minimum atomic E-state index is -4.26. The van der Waals surface area contributed by atoms with Crippen LogP contribution < -0.4 is 5.30 Å². The molecule has 0 fully saturated rings. The fourth-order valence-corrected chi connectivity index (χ4v) is 3.11. The zero-order valence-electron chi connectivity index (χ0n) is 7.64. The highest BCUT2D eigenvalue weighted by molar-refractivity contribution is 7.86. The quantitative estimate of drug-likeness (QED) is 0.518. The monoisotopic (exact) mass is 318 g/mol. The molecule has 0 unspecified atom stereocenters.